The fourth-order valence-corrected chi connectivity index (χ4v) is 3.21. The summed E-state index contributed by atoms with van der Waals surface area (Å²) in [5, 5.41) is 3.50. The van der Waals surface area contributed by atoms with Gasteiger partial charge in [-0.25, -0.2) is 4.98 Å². The van der Waals surface area contributed by atoms with Crippen molar-refractivity contribution in [3.8, 4) is 0 Å². The third kappa shape index (κ3) is 2.20. The predicted octanol–water partition coefficient (Wildman–Crippen LogP) is 2.91. The van der Waals surface area contributed by atoms with E-state index >= 15 is 0 Å². The zero-order chi connectivity index (χ0) is 10.1. The minimum absolute atomic E-state index is 0.281. The fraction of sp³-hybridized carbons (Fsp3) is 0.700. The molecule has 0 saturated carbocycles. The van der Waals surface area contributed by atoms with Gasteiger partial charge in [0.05, 0.1) is 11.1 Å². The van der Waals surface area contributed by atoms with Crippen LogP contribution in [0, 0.1) is 12.8 Å². The minimum Gasteiger partial charge on any atom is -0.346 e. The topological polar surface area (TPSA) is 16.1 Å². The third-order valence-corrected chi connectivity index (χ3v) is 3.82. The Morgan fingerprint density at radius 3 is 2.93 bits per heavy atom. The van der Waals surface area contributed by atoms with Crippen LogP contribution in [0.1, 0.15) is 19.0 Å². The van der Waals surface area contributed by atoms with Gasteiger partial charge >= 0.3 is 0 Å². The van der Waals surface area contributed by atoms with Crippen molar-refractivity contribution in [3.63, 3.8) is 0 Å². The second kappa shape index (κ2) is 4.07. The van der Waals surface area contributed by atoms with Crippen LogP contribution in [0.3, 0.4) is 0 Å². The maximum Gasteiger partial charge on any atom is 0.185 e. The lowest BCUT2D eigenvalue weighted by molar-refractivity contribution is 0.451. The van der Waals surface area contributed by atoms with Crippen molar-refractivity contribution in [2.45, 2.75) is 25.6 Å². The van der Waals surface area contributed by atoms with E-state index < -0.39 is 0 Å². The third-order valence-electron chi connectivity index (χ3n) is 2.49. The number of hydrogen-bond donors (Lipinski definition) is 0. The number of anilines is 1. The molecule has 0 N–H and O–H groups in total. The first-order valence-corrected chi connectivity index (χ1v) is 6.28. The van der Waals surface area contributed by atoms with Crippen LogP contribution in [0.2, 0.25) is 0 Å². The molecule has 0 aromatic carbocycles. The molecule has 0 radical (unpaired) electrons. The van der Waals surface area contributed by atoms with Gasteiger partial charge in [0.1, 0.15) is 0 Å². The van der Waals surface area contributed by atoms with Crippen LogP contribution >= 0.6 is 22.9 Å². The van der Waals surface area contributed by atoms with E-state index in [4.69, 9.17) is 11.6 Å². The van der Waals surface area contributed by atoms with Gasteiger partial charge in [-0.05, 0) is 19.3 Å². The molecule has 2 atom stereocenters. The molecule has 2 unspecified atom stereocenters. The minimum atomic E-state index is 0.281. The van der Waals surface area contributed by atoms with E-state index in [0.29, 0.717) is 5.92 Å². The van der Waals surface area contributed by atoms with E-state index in [1.165, 1.54) is 0 Å². The van der Waals surface area contributed by atoms with Gasteiger partial charge < -0.3 is 4.90 Å². The summed E-state index contributed by atoms with van der Waals surface area (Å²) >= 11 is 7.91. The lowest BCUT2D eigenvalue weighted by Gasteiger charge is -2.33. The molecule has 0 bridgehead atoms. The zero-order valence-electron chi connectivity index (χ0n) is 8.53. The molecule has 1 aliphatic rings. The molecule has 0 spiro atoms. The normalized spacial score (nSPS) is 28.1. The molecule has 1 aliphatic heterocycles. The van der Waals surface area contributed by atoms with Crippen LogP contribution in [0.4, 0.5) is 5.13 Å². The van der Waals surface area contributed by atoms with Crippen LogP contribution in [-0.2, 0) is 0 Å². The summed E-state index contributed by atoms with van der Waals surface area (Å²) in [5.41, 5.74) is 1.11. The van der Waals surface area contributed by atoms with E-state index in [-0.39, 0.29) is 5.38 Å². The molecule has 2 heterocycles. The number of nitrogens with zero attached hydrogens (tertiary/aromatic N) is 2. The van der Waals surface area contributed by atoms with Gasteiger partial charge in [0.15, 0.2) is 5.13 Å². The van der Waals surface area contributed by atoms with Crippen molar-refractivity contribution in [1.82, 2.24) is 4.98 Å². The number of thiazole rings is 1. The molecule has 1 aromatic rings. The Bertz CT molecular complexity index is 303. The molecule has 1 aromatic heterocycles. The zero-order valence-corrected chi connectivity index (χ0v) is 10.1. The average Bonchev–Trinajstić information content (AvgIpc) is 2.50. The molecule has 2 rings (SSSR count). The number of piperidine rings is 1. The van der Waals surface area contributed by atoms with Crippen molar-refractivity contribution in [3.05, 3.63) is 11.1 Å². The van der Waals surface area contributed by atoms with E-state index in [2.05, 4.69) is 22.2 Å². The van der Waals surface area contributed by atoms with Crippen molar-refractivity contribution in [1.29, 1.82) is 0 Å². The Hall–Kier alpha value is -0.280. The first-order valence-electron chi connectivity index (χ1n) is 4.96. The lowest BCUT2D eigenvalue weighted by atomic mass is 10.0. The molecule has 78 valence electrons. The number of halogens is 1. The van der Waals surface area contributed by atoms with Crippen LogP contribution in [0.25, 0.3) is 0 Å². The van der Waals surface area contributed by atoms with E-state index in [9.17, 15) is 0 Å². The molecular formula is C10H15ClN2S. The number of rotatable bonds is 1. The summed E-state index contributed by atoms with van der Waals surface area (Å²) in [7, 11) is 0. The Labute approximate surface area is 93.9 Å². The van der Waals surface area contributed by atoms with Crippen molar-refractivity contribution in [2.24, 2.45) is 5.92 Å². The van der Waals surface area contributed by atoms with Gasteiger partial charge in [-0.15, -0.1) is 22.9 Å². The molecule has 1 fully saturated rings. The molecular weight excluding hydrogens is 216 g/mol. The van der Waals surface area contributed by atoms with Crippen LogP contribution in [0.15, 0.2) is 5.38 Å². The molecule has 4 heteroatoms. The number of aromatic nitrogens is 1. The molecule has 0 amide bonds. The summed E-state index contributed by atoms with van der Waals surface area (Å²) in [6, 6.07) is 0. The highest BCUT2D eigenvalue weighted by molar-refractivity contribution is 7.13. The number of aryl methyl sites for hydroxylation is 1. The van der Waals surface area contributed by atoms with E-state index in [1.54, 1.807) is 11.3 Å². The van der Waals surface area contributed by atoms with Gasteiger partial charge in [-0.2, -0.15) is 0 Å². The molecule has 14 heavy (non-hydrogen) atoms. The van der Waals surface area contributed by atoms with E-state index in [1.807, 2.05) is 6.92 Å². The Morgan fingerprint density at radius 2 is 2.36 bits per heavy atom. The monoisotopic (exact) mass is 230 g/mol. The van der Waals surface area contributed by atoms with Crippen molar-refractivity contribution in [2.75, 3.05) is 18.0 Å². The molecule has 0 aliphatic carbocycles. The summed E-state index contributed by atoms with van der Waals surface area (Å²) < 4.78 is 0. The second-order valence-corrected chi connectivity index (χ2v) is 5.57. The standard InChI is InChI=1S/C10H15ClN2S/c1-7-3-9(11)5-13(4-7)10-12-8(2)6-14-10/h6-7,9H,3-5H2,1-2H3. The van der Waals surface area contributed by atoms with Crippen LogP contribution < -0.4 is 4.90 Å². The average molecular weight is 231 g/mol. The number of alkyl halides is 1. The van der Waals surface area contributed by atoms with Gasteiger partial charge in [-0.1, -0.05) is 6.92 Å². The first kappa shape index (κ1) is 10.2. The van der Waals surface area contributed by atoms with Crippen molar-refractivity contribution >= 4 is 28.1 Å². The van der Waals surface area contributed by atoms with Gasteiger partial charge in [0, 0.05) is 18.5 Å². The SMILES string of the molecule is Cc1csc(N2CC(C)CC(Cl)C2)n1. The molecule has 1 saturated heterocycles. The summed E-state index contributed by atoms with van der Waals surface area (Å²) in [4.78, 5) is 6.80. The fourth-order valence-electron chi connectivity index (χ4n) is 1.92. The highest BCUT2D eigenvalue weighted by Crippen LogP contribution is 2.27. The maximum absolute atomic E-state index is 6.20. The van der Waals surface area contributed by atoms with Crippen LogP contribution in [0.5, 0.6) is 0 Å². The smallest absolute Gasteiger partial charge is 0.185 e. The summed E-state index contributed by atoms with van der Waals surface area (Å²) in [6.07, 6.45) is 1.13. The maximum atomic E-state index is 6.20. The Morgan fingerprint density at radius 1 is 1.57 bits per heavy atom. The Kier molecular flexibility index (Phi) is 2.98. The summed E-state index contributed by atoms with van der Waals surface area (Å²) in [5.74, 6) is 0.676. The Balaban J connectivity index is 2.10. The van der Waals surface area contributed by atoms with Gasteiger partial charge in [-0.3, -0.25) is 0 Å². The van der Waals surface area contributed by atoms with E-state index in [0.717, 1.165) is 30.3 Å². The predicted molar refractivity (Wildman–Crippen MR) is 62.5 cm³/mol. The first-order chi connectivity index (χ1) is 6.65. The lowest BCUT2D eigenvalue weighted by Crippen LogP contribution is -2.40. The van der Waals surface area contributed by atoms with Gasteiger partial charge in [0.25, 0.3) is 0 Å². The number of hydrogen-bond acceptors (Lipinski definition) is 3. The highest BCUT2D eigenvalue weighted by Gasteiger charge is 2.24. The van der Waals surface area contributed by atoms with Crippen LogP contribution in [-0.4, -0.2) is 23.5 Å². The second-order valence-electron chi connectivity index (χ2n) is 4.11. The molecule has 2 nitrogen and oxygen atoms in total. The highest BCUT2D eigenvalue weighted by atomic mass is 35.5. The van der Waals surface area contributed by atoms with Gasteiger partial charge in [0.2, 0.25) is 0 Å². The largest absolute Gasteiger partial charge is 0.346 e. The quantitative estimate of drug-likeness (QED) is 0.690. The summed E-state index contributed by atoms with van der Waals surface area (Å²) in [6.45, 7) is 6.32. The van der Waals surface area contributed by atoms with Crippen molar-refractivity contribution < 1.29 is 0 Å².